The van der Waals surface area contributed by atoms with Gasteiger partial charge in [-0.2, -0.15) is 0 Å². The number of aliphatic hydroxyl groups excluding tert-OH is 1. The normalized spacial score (nSPS) is 12.4. The fraction of sp³-hybridized carbons (Fsp3) is 0.500. The van der Waals surface area contributed by atoms with Gasteiger partial charge >= 0.3 is 5.97 Å². The minimum absolute atomic E-state index is 0.119. The summed E-state index contributed by atoms with van der Waals surface area (Å²) in [5.41, 5.74) is 0. The molecule has 0 saturated carbocycles. The van der Waals surface area contributed by atoms with Crippen LogP contribution in [0.4, 0.5) is 0 Å². The molecule has 0 heterocycles. The Kier molecular flexibility index (Phi) is 7.55. The van der Waals surface area contributed by atoms with Gasteiger partial charge in [0.2, 0.25) is 0 Å². The van der Waals surface area contributed by atoms with E-state index in [1.807, 2.05) is 0 Å². The van der Waals surface area contributed by atoms with E-state index in [0.717, 1.165) is 0 Å². The SMILES string of the molecule is C=C[C@@H](CCCO)O/C=C/C(=O)OC. The Morgan fingerprint density at radius 3 is 2.86 bits per heavy atom. The van der Waals surface area contributed by atoms with Gasteiger partial charge in [0.25, 0.3) is 0 Å². The number of methoxy groups -OCH3 is 1. The van der Waals surface area contributed by atoms with E-state index in [1.165, 1.54) is 19.4 Å². The maximum absolute atomic E-state index is 10.6. The van der Waals surface area contributed by atoms with Crippen LogP contribution in [0, 0.1) is 0 Å². The summed E-state index contributed by atoms with van der Waals surface area (Å²) >= 11 is 0. The average molecular weight is 200 g/mol. The van der Waals surface area contributed by atoms with Crippen molar-refractivity contribution in [2.24, 2.45) is 0 Å². The molecule has 1 N–H and O–H groups in total. The third kappa shape index (κ3) is 6.25. The maximum atomic E-state index is 10.6. The lowest BCUT2D eigenvalue weighted by Gasteiger charge is -2.10. The lowest BCUT2D eigenvalue weighted by Crippen LogP contribution is -2.07. The zero-order chi connectivity index (χ0) is 10.8. The molecule has 0 unspecified atom stereocenters. The molecule has 0 aromatic rings. The van der Waals surface area contributed by atoms with Crippen molar-refractivity contribution >= 4 is 5.97 Å². The number of ether oxygens (including phenoxy) is 2. The summed E-state index contributed by atoms with van der Waals surface area (Å²) in [4.78, 5) is 10.6. The van der Waals surface area contributed by atoms with Crippen molar-refractivity contribution in [3.05, 3.63) is 25.0 Å². The minimum atomic E-state index is -0.463. The van der Waals surface area contributed by atoms with Crippen molar-refractivity contribution in [2.45, 2.75) is 18.9 Å². The van der Waals surface area contributed by atoms with Gasteiger partial charge in [-0.1, -0.05) is 12.7 Å². The second-order valence-electron chi connectivity index (χ2n) is 2.60. The first-order valence-electron chi connectivity index (χ1n) is 4.38. The minimum Gasteiger partial charge on any atom is -0.494 e. The van der Waals surface area contributed by atoms with Crippen molar-refractivity contribution in [3.63, 3.8) is 0 Å². The molecule has 0 aliphatic heterocycles. The van der Waals surface area contributed by atoms with E-state index in [1.54, 1.807) is 6.08 Å². The van der Waals surface area contributed by atoms with Crippen LogP contribution in [0.15, 0.2) is 25.0 Å². The van der Waals surface area contributed by atoms with Crippen molar-refractivity contribution in [1.29, 1.82) is 0 Å². The third-order valence-corrected chi connectivity index (χ3v) is 1.57. The fourth-order valence-electron chi connectivity index (χ4n) is 0.798. The van der Waals surface area contributed by atoms with Gasteiger partial charge in [0.15, 0.2) is 0 Å². The van der Waals surface area contributed by atoms with E-state index < -0.39 is 5.97 Å². The van der Waals surface area contributed by atoms with Crippen molar-refractivity contribution in [3.8, 4) is 0 Å². The largest absolute Gasteiger partial charge is 0.494 e. The van der Waals surface area contributed by atoms with Gasteiger partial charge < -0.3 is 14.6 Å². The summed E-state index contributed by atoms with van der Waals surface area (Å²) in [6, 6.07) is 0. The number of aliphatic hydroxyl groups is 1. The van der Waals surface area contributed by atoms with Crippen LogP contribution in [0.25, 0.3) is 0 Å². The molecular formula is C10H16O4. The molecule has 0 saturated heterocycles. The standard InChI is InChI=1S/C10H16O4/c1-3-9(5-4-7-11)14-8-6-10(12)13-2/h3,6,8-9,11H,1,4-5,7H2,2H3/b8-6+/t9-/m0/s1. The average Bonchev–Trinajstić information content (AvgIpc) is 2.22. The first-order valence-corrected chi connectivity index (χ1v) is 4.38. The van der Waals surface area contributed by atoms with Crippen LogP contribution in [0.1, 0.15) is 12.8 Å². The van der Waals surface area contributed by atoms with Crippen LogP contribution in [-0.2, 0) is 14.3 Å². The summed E-state index contributed by atoms with van der Waals surface area (Å²) in [7, 11) is 1.30. The predicted molar refractivity (Wildman–Crippen MR) is 52.5 cm³/mol. The fourth-order valence-corrected chi connectivity index (χ4v) is 0.798. The van der Waals surface area contributed by atoms with Crippen LogP contribution in [0.5, 0.6) is 0 Å². The predicted octanol–water partition coefficient (Wildman–Crippen LogP) is 1.02. The molecule has 4 heteroatoms. The van der Waals surface area contributed by atoms with Crippen LogP contribution in [0.3, 0.4) is 0 Å². The molecule has 0 amide bonds. The quantitative estimate of drug-likeness (QED) is 0.288. The molecule has 14 heavy (non-hydrogen) atoms. The summed E-state index contributed by atoms with van der Waals surface area (Å²) in [5.74, 6) is -0.463. The number of esters is 1. The number of hydrogen-bond acceptors (Lipinski definition) is 4. The van der Waals surface area contributed by atoms with E-state index >= 15 is 0 Å². The molecule has 0 aromatic carbocycles. The highest BCUT2D eigenvalue weighted by atomic mass is 16.5. The van der Waals surface area contributed by atoms with Gasteiger partial charge in [-0.25, -0.2) is 4.79 Å². The van der Waals surface area contributed by atoms with E-state index in [4.69, 9.17) is 9.84 Å². The van der Waals surface area contributed by atoms with Gasteiger partial charge in [0.05, 0.1) is 19.4 Å². The second-order valence-corrected chi connectivity index (χ2v) is 2.60. The summed E-state index contributed by atoms with van der Waals surface area (Å²) in [6.07, 6.45) is 5.22. The first-order chi connectivity index (χ1) is 6.74. The highest BCUT2D eigenvalue weighted by Crippen LogP contribution is 2.03. The Balaban J connectivity index is 3.76. The van der Waals surface area contributed by atoms with Gasteiger partial charge in [0.1, 0.15) is 6.10 Å². The number of carbonyl (C=O) groups excluding carboxylic acids is 1. The van der Waals surface area contributed by atoms with Crippen molar-refractivity contribution in [2.75, 3.05) is 13.7 Å². The Labute approximate surface area is 83.8 Å². The van der Waals surface area contributed by atoms with Gasteiger partial charge in [-0.3, -0.25) is 0 Å². The molecule has 0 radical (unpaired) electrons. The smallest absolute Gasteiger partial charge is 0.333 e. The molecule has 0 fully saturated rings. The molecule has 4 nitrogen and oxygen atoms in total. The van der Waals surface area contributed by atoms with E-state index in [-0.39, 0.29) is 12.7 Å². The third-order valence-electron chi connectivity index (χ3n) is 1.57. The van der Waals surface area contributed by atoms with E-state index in [9.17, 15) is 4.79 Å². The van der Waals surface area contributed by atoms with Gasteiger partial charge in [0, 0.05) is 6.61 Å². The van der Waals surface area contributed by atoms with Crippen molar-refractivity contribution < 1.29 is 19.4 Å². The van der Waals surface area contributed by atoms with Crippen LogP contribution < -0.4 is 0 Å². The molecule has 0 rings (SSSR count). The Bertz CT molecular complexity index is 198. The molecule has 0 aliphatic carbocycles. The number of rotatable bonds is 7. The Hall–Kier alpha value is -1.29. The maximum Gasteiger partial charge on any atom is 0.333 e. The first kappa shape index (κ1) is 12.7. The van der Waals surface area contributed by atoms with Crippen LogP contribution in [-0.4, -0.2) is 30.9 Å². The summed E-state index contributed by atoms with van der Waals surface area (Å²) in [6.45, 7) is 3.69. The second kappa shape index (κ2) is 8.31. The zero-order valence-electron chi connectivity index (χ0n) is 8.31. The lowest BCUT2D eigenvalue weighted by atomic mass is 10.2. The molecule has 0 spiro atoms. The molecule has 0 bridgehead atoms. The molecule has 1 atom stereocenters. The lowest BCUT2D eigenvalue weighted by molar-refractivity contribution is -0.135. The van der Waals surface area contributed by atoms with E-state index in [0.29, 0.717) is 12.8 Å². The highest BCUT2D eigenvalue weighted by Gasteiger charge is 2.01. The summed E-state index contributed by atoms with van der Waals surface area (Å²) < 4.78 is 9.53. The molecule has 0 aliphatic rings. The number of hydrogen-bond donors (Lipinski definition) is 1. The van der Waals surface area contributed by atoms with Gasteiger partial charge in [-0.15, -0.1) is 0 Å². The molecular weight excluding hydrogens is 184 g/mol. The van der Waals surface area contributed by atoms with Gasteiger partial charge in [-0.05, 0) is 12.8 Å². The topological polar surface area (TPSA) is 55.8 Å². The summed E-state index contributed by atoms with van der Waals surface area (Å²) in [5, 5.41) is 8.58. The van der Waals surface area contributed by atoms with Crippen LogP contribution >= 0.6 is 0 Å². The molecule has 80 valence electrons. The number of carbonyl (C=O) groups is 1. The van der Waals surface area contributed by atoms with E-state index in [2.05, 4.69) is 11.3 Å². The van der Waals surface area contributed by atoms with Crippen LogP contribution in [0.2, 0.25) is 0 Å². The highest BCUT2D eigenvalue weighted by molar-refractivity contribution is 5.81. The monoisotopic (exact) mass is 200 g/mol. The zero-order valence-corrected chi connectivity index (χ0v) is 8.31. The van der Waals surface area contributed by atoms with Crippen molar-refractivity contribution in [1.82, 2.24) is 0 Å². The Morgan fingerprint density at radius 2 is 2.36 bits per heavy atom. The Morgan fingerprint density at radius 1 is 1.64 bits per heavy atom. The molecule has 0 aromatic heterocycles.